The van der Waals surface area contributed by atoms with Crippen molar-refractivity contribution in [2.75, 3.05) is 0 Å². The quantitative estimate of drug-likeness (QED) is 0.601. The van der Waals surface area contributed by atoms with Gasteiger partial charge in [-0.25, -0.2) is 0 Å². The first-order chi connectivity index (χ1) is 9.70. The second-order valence-corrected chi connectivity index (χ2v) is 6.35. The highest BCUT2D eigenvalue weighted by atomic mass is 35.5. The highest BCUT2D eigenvalue weighted by molar-refractivity contribution is 6.42. The predicted molar refractivity (Wildman–Crippen MR) is 87.0 cm³/mol. The lowest BCUT2D eigenvalue weighted by molar-refractivity contribution is 0.506. The fourth-order valence-electron chi connectivity index (χ4n) is 3.38. The molecule has 2 aromatic carbocycles. The van der Waals surface area contributed by atoms with Crippen LogP contribution in [0.3, 0.4) is 0 Å². The van der Waals surface area contributed by atoms with E-state index in [0.717, 1.165) is 0 Å². The van der Waals surface area contributed by atoms with Crippen molar-refractivity contribution in [1.82, 2.24) is 0 Å². The maximum atomic E-state index is 6.18. The fourth-order valence-corrected chi connectivity index (χ4v) is 3.68. The molecule has 0 amide bonds. The average Bonchev–Trinajstić information content (AvgIpc) is 2.49. The van der Waals surface area contributed by atoms with Crippen molar-refractivity contribution >= 4 is 23.2 Å². The summed E-state index contributed by atoms with van der Waals surface area (Å²) in [5.74, 6) is 1.15. The lowest BCUT2D eigenvalue weighted by atomic mass is 9.73. The van der Waals surface area contributed by atoms with Crippen LogP contribution in [0.15, 0.2) is 42.5 Å². The van der Waals surface area contributed by atoms with E-state index >= 15 is 0 Å². The van der Waals surface area contributed by atoms with Crippen molar-refractivity contribution in [2.45, 2.75) is 38.0 Å². The third-order valence-electron chi connectivity index (χ3n) is 4.45. The van der Waals surface area contributed by atoms with Gasteiger partial charge in [0.25, 0.3) is 0 Å². The molecule has 0 aromatic heterocycles. The molecule has 0 heterocycles. The minimum Gasteiger partial charge on any atom is -0.0827 e. The van der Waals surface area contributed by atoms with E-state index < -0.39 is 0 Å². The molecule has 0 saturated heterocycles. The molecule has 3 rings (SSSR count). The Kier molecular flexibility index (Phi) is 4.05. The number of hydrogen-bond donors (Lipinski definition) is 0. The normalized spacial score (nSPS) is 21.6. The minimum atomic E-state index is 0.448. The first-order valence-corrected chi connectivity index (χ1v) is 8.00. The van der Waals surface area contributed by atoms with Gasteiger partial charge in [-0.15, -0.1) is 0 Å². The van der Waals surface area contributed by atoms with Gasteiger partial charge in [-0.1, -0.05) is 60.5 Å². The van der Waals surface area contributed by atoms with E-state index in [0.29, 0.717) is 21.9 Å². The van der Waals surface area contributed by atoms with E-state index in [2.05, 4.69) is 37.3 Å². The standard InChI is InChI=1S/C18H18Cl2/c1-2-12-7-9-15(16-6-4-3-5-14(12)16)13-8-10-17(19)18(20)11-13/h3-6,8,10-12,15H,2,7,9H2,1H3/t12?,15-/m1/s1. The summed E-state index contributed by atoms with van der Waals surface area (Å²) < 4.78 is 0. The maximum absolute atomic E-state index is 6.18. The molecule has 2 atom stereocenters. The van der Waals surface area contributed by atoms with Crippen molar-refractivity contribution in [1.29, 1.82) is 0 Å². The van der Waals surface area contributed by atoms with E-state index in [1.807, 2.05) is 12.1 Å². The molecule has 1 aliphatic rings. The third-order valence-corrected chi connectivity index (χ3v) is 5.19. The first kappa shape index (κ1) is 14.0. The Balaban J connectivity index is 2.05. The second-order valence-electron chi connectivity index (χ2n) is 5.54. The molecule has 0 radical (unpaired) electrons. The average molecular weight is 305 g/mol. The topological polar surface area (TPSA) is 0 Å². The molecule has 20 heavy (non-hydrogen) atoms. The molecule has 0 aliphatic heterocycles. The van der Waals surface area contributed by atoms with Gasteiger partial charge in [0.15, 0.2) is 0 Å². The lowest BCUT2D eigenvalue weighted by Crippen LogP contribution is -2.15. The predicted octanol–water partition coefficient (Wildman–Crippen LogP) is 6.41. The van der Waals surface area contributed by atoms with Gasteiger partial charge in [0, 0.05) is 5.92 Å². The van der Waals surface area contributed by atoms with Gasteiger partial charge in [0.05, 0.1) is 10.0 Å². The molecule has 2 aromatic rings. The molecule has 0 saturated carbocycles. The maximum Gasteiger partial charge on any atom is 0.0595 e. The molecule has 104 valence electrons. The van der Waals surface area contributed by atoms with Gasteiger partial charge in [0.2, 0.25) is 0 Å². The Morgan fingerprint density at radius 2 is 1.70 bits per heavy atom. The summed E-state index contributed by atoms with van der Waals surface area (Å²) in [6.07, 6.45) is 3.65. The van der Waals surface area contributed by atoms with Gasteiger partial charge in [-0.2, -0.15) is 0 Å². The molecule has 0 bridgehead atoms. The lowest BCUT2D eigenvalue weighted by Gasteiger charge is -2.31. The van der Waals surface area contributed by atoms with Crippen molar-refractivity contribution < 1.29 is 0 Å². The van der Waals surface area contributed by atoms with Crippen LogP contribution < -0.4 is 0 Å². The summed E-state index contributed by atoms with van der Waals surface area (Å²) in [6.45, 7) is 2.28. The molecule has 0 N–H and O–H groups in total. The summed E-state index contributed by atoms with van der Waals surface area (Å²) in [6, 6.07) is 14.9. The Labute approximate surface area is 130 Å². The SMILES string of the molecule is CCC1CC[C@H](c2ccc(Cl)c(Cl)c2)c2ccccc21. The van der Waals surface area contributed by atoms with Crippen LogP contribution in [-0.2, 0) is 0 Å². The van der Waals surface area contributed by atoms with Crippen molar-refractivity contribution in [3.63, 3.8) is 0 Å². The van der Waals surface area contributed by atoms with Crippen LogP contribution in [-0.4, -0.2) is 0 Å². The smallest absolute Gasteiger partial charge is 0.0595 e. The minimum absolute atomic E-state index is 0.448. The molecular formula is C18H18Cl2. The van der Waals surface area contributed by atoms with Crippen LogP contribution in [0.5, 0.6) is 0 Å². The van der Waals surface area contributed by atoms with Crippen LogP contribution in [0.2, 0.25) is 10.0 Å². The molecular weight excluding hydrogens is 287 g/mol. The molecule has 0 spiro atoms. The zero-order chi connectivity index (χ0) is 14.1. The van der Waals surface area contributed by atoms with Gasteiger partial charge in [0.1, 0.15) is 0 Å². The van der Waals surface area contributed by atoms with Crippen LogP contribution in [0.1, 0.15) is 54.7 Å². The third kappa shape index (κ3) is 2.47. The Morgan fingerprint density at radius 3 is 2.40 bits per heavy atom. The Hall–Kier alpha value is -0.980. The number of benzene rings is 2. The van der Waals surface area contributed by atoms with E-state index in [4.69, 9.17) is 23.2 Å². The monoisotopic (exact) mass is 304 g/mol. The highest BCUT2D eigenvalue weighted by Gasteiger charge is 2.27. The van der Waals surface area contributed by atoms with Crippen molar-refractivity contribution in [2.24, 2.45) is 0 Å². The summed E-state index contributed by atoms with van der Waals surface area (Å²) in [5, 5.41) is 1.28. The number of fused-ring (bicyclic) bond motifs is 1. The number of rotatable bonds is 2. The summed E-state index contributed by atoms with van der Waals surface area (Å²) >= 11 is 12.2. The fraction of sp³-hybridized carbons (Fsp3) is 0.333. The highest BCUT2D eigenvalue weighted by Crippen LogP contribution is 2.44. The van der Waals surface area contributed by atoms with E-state index in [1.54, 1.807) is 0 Å². The molecule has 1 unspecified atom stereocenters. The van der Waals surface area contributed by atoms with E-state index in [1.165, 1.54) is 36.0 Å². The first-order valence-electron chi connectivity index (χ1n) is 7.24. The van der Waals surface area contributed by atoms with E-state index in [-0.39, 0.29) is 0 Å². The van der Waals surface area contributed by atoms with Crippen LogP contribution >= 0.6 is 23.2 Å². The van der Waals surface area contributed by atoms with Gasteiger partial charge in [-0.05, 0) is 54.0 Å². The van der Waals surface area contributed by atoms with Crippen molar-refractivity contribution in [3.8, 4) is 0 Å². The molecule has 0 fully saturated rings. The van der Waals surface area contributed by atoms with Crippen LogP contribution in [0.25, 0.3) is 0 Å². The molecule has 0 nitrogen and oxygen atoms in total. The Bertz CT molecular complexity index is 619. The molecule has 2 heteroatoms. The van der Waals surface area contributed by atoms with Gasteiger partial charge < -0.3 is 0 Å². The summed E-state index contributed by atoms with van der Waals surface area (Å²) in [4.78, 5) is 0. The zero-order valence-electron chi connectivity index (χ0n) is 11.6. The largest absolute Gasteiger partial charge is 0.0827 e. The summed E-state index contributed by atoms with van der Waals surface area (Å²) in [7, 11) is 0. The van der Waals surface area contributed by atoms with Gasteiger partial charge >= 0.3 is 0 Å². The van der Waals surface area contributed by atoms with Crippen LogP contribution in [0.4, 0.5) is 0 Å². The van der Waals surface area contributed by atoms with Gasteiger partial charge in [-0.3, -0.25) is 0 Å². The second kappa shape index (κ2) is 5.79. The molecule has 1 aliphatic carbocycles. The number of hydrogen-bond acceptors (Lipinski definition) is 0. The number of halogens is 2. The summed E-state index contributed by atoms with van der Waals surface area (Å²) in [5.41, 5.74) is 4.25. The Morgan fingerprint density at radius 1 is 0.950 bits per heavy atom. The van der Waals surface area contributed by atoms with Crippen molar-refractivity contribution in [3.05, 3.63) is 69.2 Å². The van der Waals surface area contributed by atoms with E-state index in [9.17, 15) is 0 Å². The zero-order valence-corrected chi connectivity index (χ0v) is 13.1. The van der Waals surface area contributed by atoms with Crippen LogP contribution in [0, 0.1) is 0 Å².